The van der Waals surface area contributed by atoms with Crippen LogP contribution in [-0.2, 0) is 16.6 Å². The summed E-state index contributed by atoms with van der Waals surface area (Å²) in [6.45, 7) is 0.340. The first kappa shape index (κ1) is 22.0. The van der Waals surface area contributed by atoms with Crippen molar-refractivity contribution in [3.8, 4) is 5.75 Å². The van der Waals surface area contributed by atoms with Gasteiger partial charge in [-0.1, -0.05) is 18.2 Å². The maximum atomic E-state index is 14.0. The van der Waals surface area contributed by atoms with E-state index in [4.69, 9.17) is 9.15 Å². The van der Waals surface area contributed by atoms with E-state index in [9.17, 15) is 22.0 Å². The molecule has 0 saturated carbocycles. The van der Waals surface area contributed by atoms with Crippen molar-refractivity contribution < 1.29 is 31.1 Å². The molecule has 1 amide bonds. The molecule has 2 aromatic carbocycles. The first-order valence-electron chi connectivity index (χ1n) is 9.85. The third-order valence-corrected chi connectivity index (χ3v) is 6.97. The lowest BCUT2D eigenvalue weighted by Gasteiger charge is -2.33. The fourth-order valence-corrected chi connectivity index (χ4v) is 4.82. The predicted octanol–water partition coefficient (Wildman–Crippen LogP) is 3.28. The van der Waals surface area contributed by atoms with Crippen molar-refractivity contribution in [1.29, 1.82) is 0 Å². The van der Waals surface area contributed by atoms with Gasteiger partial charge in [-0.3, -0.25) is 4.79 Å². The monoisotopic (exact) mass is 462 g/mol. The zero-order chi connectivity index (χ0) is 22.7. The van der Waals surface area contributed by atoms with E-state index in [1.807, 2.05) is 18.2 Å². The van der Waals surface area contributed by atoms with Crippen molar-refractivity contribution in [2.75, 3.05) is 26.2 Å². The third kappa shape index (κ3) is 4.66. The summed E-state index contributed by atoms with van der Waals surface area (Å²) >= 11 is 0. The molecule has 168 valence electrons. The number of nitrogens with zero attached hydrogens (tertiary/aromatic N) is 2. The molecule has 0 bridgehead atoms. The zero-order valence-electron chi connectivity index (χ0n) is 16.9. The Kier molecular flexibility index (Phi) is 6.24. The molecule has 0 spiro atoms. The number of rotatable bonds is 6. The molecule has 1 fully saturated rings. The van der Waals surface area contributed by atoms with E-state index in [1.54, 1.807) is 24.3 Å². The van der Waals surface area contributed by atoms with E-state index in [-0.39, 0.29) is 44.5 Å². The number of amides is 1. The standard InChI is InChI=1S/C22H20F2N2O5S/c23-16-6-9-21(19(24)14-16)32(28,29)26-12-10-25(11-13-26)22(27)20-8-7-18(31-20)15-30-17-4-2-1-3-5-17/h1-9,14H,10-13,15H2. The maximum absolute atomic E-state index is 14.0. The number of hydrogen-bond acceptors (Lipinski definition) is 5. The number of halogens is 2. The number of carbonyl (C=O) groups excluding carboxylic acids is 1. The smallest absolute Gasteiger partial charge is 0.289 e. The molecule has 1 aromatic heterocycles. The molecule has 0 radical (unpaired) electrons. The van der Waals surface area contributed by atoms with Crippen LogP contribution in [0.5, 0.6) is 5.75 Å². The van der Waals surface area contributed by atoms with E-state index in [0.717, 1.165) is 16.4 Å². The summed E-state index contributed by atoms with van der Waals surface area (Å²) in [7, 11) is -4.14. The summed E-state index contributed by atoms with van der Waals surface area (Å²) in [6.07, 6.45) is 0. The van der Waals surface area contributed by atoms with Gasteiger partial charge in [0.2, 0.25) is 10.0 Å². The van der Waals surface area contributed by atoms with Gasteiger partial charge in [-0.25, -0.2) is 17.2 Å². The molecule has 1 aliphatic rings. The minimum atomic E-state index is -4.14. The van der Waals surface area contributed by atoms with Crippen molar-refractivity contribution in [2.24, 2.45) is 0 Å². The molecule has 1 aliphatic heterocycles. The van der Waals surface area contributed by atoms with Gasteiger partial charge in [0, 0.05) is 32.2 Å². The van der Waals surface area contributed by atoms with Crippen molar-refractivity contribution in [3.05, 3.63) is 83.8 Å². The average Bonchev–Trinajstić information content (AvgIpc) is 3.27. The second-order valence-corrected chi connectivity index (χ2v) is 9.05. The molecule has 2 heterocycles. The van der Waals surface area contributed by atoms with E-state index in [2.05, 4.69) is 0 Å². The largest absolute Gasteiger partial charge is 0.486 e. The number of furan rings is 1. The summed E-state index contributed by atoms with van der Waals surface area (Å²) in [5.74, 6) is -1.11. The average molecular weight is 462 g/mol. The van der Waals surface area contributed by atoms with E-state index in [1.165, 1.54) is 4.90 Å². The van der Waals surface area contributed by atoms with Crippen molar-refractivity contribution >= 4 is 15.9 Å². The Labute approximate surface area is 183 Å². The first-order valence-corrected chi connectivity index (χ1v) is 11.3. The number of benzene rings is 2. The van der Waals surface area contributed by atoms with Crippen molar-refractivity contribution in [3.63, 3.8) is 0 Å². The minimum absolute atomic E-state index is 0.0183. The van der Waals surface area contributed by atoms with Crippen LogP contribution in [0.4, 0.5) is 8.78 Å². The number of hydrogen-bond donors (Lipinski definition) is 0. The van der Waals surface area contributed by atoms with Gasteiger partial charge in [-0.2, -0.15) is 4.31 Å². The van der Waals surface area contributed by atoms with E-state index < -0.39 is 26.6 Å². The molecule has 1 saturated heterocycles. The molecule has 4 rings (SSSR count). The number of sulfonamides is 1. The topological polar surface area (TPSA) is 80.1 Å². The number of carbonyl (C=O) groups is 1. The lowest BCUT2D eigenvalue weighted by atomic mass is 10.3. The second-order valence-electron chi connectivity index (χ2n) is 7.14. The fraction of sp³-hybridized carbons (Fsp3) is 0.227. The Hall–Kier alpha value is -3.24. The molecule has 0 aliphatic carbocycles. The molecule has 0 N–H and O–H groups in total. The maximum Gasteiger partial charge on any atom is 0.289 e. The number of ether oxygens (including phenoxy) is 1. The third-order valence-electron chi connectivity index (χ3n) is 5.03. The van der Waals surface area contributed by atoms with E-state index >= 15 is 0 Å². The Morgan fingerprint density at radius 3 is 2.38 bits per heavy atom. The summed E-state index contributed by atoms with van der Waals surface area (Å²) in [5.41, 5.74) is 0. The molecule has 7 nitrogen and oxygen atoms in total. The zero-order valence-corrected chi connectivity index (χ0v) is 17.7. The van der Waals surface area contributed by atoms with Crippen molar-refractivity contribution in [2.45, 2.75) is 11.5 Å². The van der Waals surface area contributed by atoms with Gasteiger partial charge in [-0.15, -0.1) is 0 Å². The molecular weight excluding hydrogens is 442 g/mol. The van der Waals surface area contributed by atoms with Crippen LogP contribution in [0, 0.1) is 11.6 Å². The van der Waals surface area contributed by atoms with Crippen LogP contribution < -0.4 is 4.74 Å². The second kappa shape index (κ2) is 9.09. The summed E-state index contributed by atoms with van der Waals surface area (Å²) in [5, 5.41) is 0. The normalized spacial score (nSPS) is 15.0. The molecule has 10 heteroatoms. The van der Waals surface area contributed by atoms with Crippen LogP contribution >= 0.6 is 0 Å². The van der Waals surface area contributed by atoms with Gasteiger partial charge in [0.1, 0.15) is 34.6 Å². The van der Waals surface area contributed by atoms with Gasteiger partial charge >= 0.3 is 0 Å². The van der Waals surface area contributed by atoms with Crippen molar-refractivity contribution in [1.82, 2.24) is 9.21 Å². The minimum Gasteiger partial charge on any atom is -0.486 e. The Morgan fingerprint density at radius 1 is 0.969 bits per heavy atom. The van der Waals surface area contributed by atoms with E-state index in [0.29, 0.717) is 17.6 Å². The van der Waals surface area contributed by atoms with Gasteiger partial charge in [-0.05, 0) is 36.4 Å². The summed E-state index contributed by atoms with van der Waals surface area (Å²) in [6, 6.07) is 14.7. The summed E-state index contributed by atoms with van der Waals surface area (Å²) < 4.78 is 64.7. The van der Waals surface area contributed by atoms with Crippen LogP contribution in [0.3, 0.4) is 0 Å². The van der Waals surface area contributed by atoms with Crippen LogP contribution in [-0.4, -0.2) is 49.7 Å². The predicted molar refractivity (Wildman–Crippen MR) is 111 cm³/mol. The van der Waals surface area contributed by atoms with Crippen LogP contribution in [0.2, 0.25) is 0 Å². The lowest BCUT2D eigenvalue weighted by molar-refractivity contribution is 0.0662. The lowest BCUT2D eigenvalue weighted by Crippen LogP contribution is -2.50. The molecule has 3 aromatic rings. The SMILES string of the molecule is O=C(c1ccc(COc2ccccc2)o1)N1CCN(S(=O)(=O)c2ccc(F)cc2F)CC1. The highest BCUT2D eigenvalue weighted by atomic mass is 32.2. The highest BCUT2D eigenvalue weighted by Gasteiger charge is 2.33. The summed E-state index contributed by atoms with van der Waals surface area (Å²) in [4.78, 5) is 13.6. The highest BCUT2D eigenvalue weighted by molar-refractivity contribution is 7.89. The highest BCUT2D eigenvalue weighted by Crippen LogP contribution is 2.22. The molecular formula is C22H20F2N2O5S. The first-order chi connectivity index (χ1) is 15.3. The Bertz CT molecular complexity index is 1210. The number of piperazine rings is 1. The van der Waals surface area contributed by atoms with Crippen LogP contribution in [0.1, 0.15) is 16.3 Å². The van der Waals surface area contributed by atoms with Gasteiger partial charge in [0.15, 0.2) is 5.76 Å². The van der Waals surface area contributed by atoms with Gasteiger partial charge < -0.3 is 14.1 Å². The Morgan fingerprint density at radius 2 is 1.69 bits per heavy atom. The molecule has 0 atom stereocenters. The molecule has 32 heavy (non-hydrogen) atoms. The molecule has 0 unspecified atom stereocenters. The number of para-hydroxylation sites is 1. The fourth-order valence-electron chi connectivity index (χ4n) is 3.35. The quantitative estimate of drug-likeness (QED) is 0.562. The Balaban J connectivity index is 1.36. The van der Waals surface area contributed by atoms with Crippen LogP contribution in [0.15, 0.2) is 70.0 Å². The van der Waals surface area contributed by atoms with Gasteiger partial charge in [0.25, 0.3) is 5.91 Å². The van der Waals surface area contributed by atoms with Gasteiger partial charge in [0.05, 0.1) is 0 Å². The van der Waals surface area contributed by atoms with Crippen LogP contribution in [0.25, 0.3) is 0 Å².